The second-order valence-electron chi connectivity index (χ2n) is 3.49. The van der Waals surface area contributed by atoms with Crippen LogP contribution in [0, 0.1) is 11.3 Å². The number of carbonyl (C=O) groups is 1. The van der Waals surface area contributed by atoms with E-state index < -0.39 is 0 Å². The highest BCUT2D eigenvalue weighted by Crippen LogP contribution is 2.27. The fourth-order valence-corrected chi connectivity index (χ4v) is 1.36. The molecule has 0 saturated heterocycles. The van der Waals surface area contributed by atoms with Crippen LogP contribution < -0.4 is 9.47 Å². The van der Waals surface area contributed by atoms with Gasteiger partial charge in [-0.2, -0.15) is 5.26 Å². The molecule has 0 radical (unpaired) electrons. The number of hydrogen-bond donors (Lipinski definition) is 0. The summed E-state index contributed by atoms with van der Waals surface area (Å²) in [5.41, 5.74) is 0.554. The maximum atomic E-state index is 10.6. The minimum absolute atomic E-state index is 0.540. The molecule has 0 saturated carbocycles. The van der Waals surface area contributed by atoms with E-state index >= 15 is 0 Å². The number of methoxy groups -OCH3 is 1. The van der Waals surface area contributed by atoms with Gasteiger partial charge in [-0.25, -0.2) is 0 Å². The smallest absolute Gasteiger partial charge is 0.161 e. The highest BCUT2D eigenvalue weighted by Gasteiger charge is 2.05. The number of unbranched alkanes of at least 4 members (excludes halogenated alkanes) is 2. The summed E-state index contributed by atoms with van der Waals surface area (Å²) in [6.07, 6.45) is 2.96. The molecule has 0 aliphatic heterocycles. The van der Waals surface area contributed by atoms with Gasteiger partial charge in [-0.1, -0.05) is 0 Å². The molecule has 0 spiro atoms. The quantitative estimate of drug-likeness (QED) is 0.536. The molecule has 0 atom stereocenters. The predicted octanol–water partition coefficient (Wildman–Crippen LogP) is 2.58. The summed E-state index contributed by atoms with van der Waals surface area (Å²) in [5, 5.41) is 8.38. The average Bonchev–Trinajstić information content (AvgIpc) is 2.38. The lowest BCUT2D eigenvalue weighted by atomic mass is 10.2. The molecular formula is C13H15NO3. The van der Waals surface area contributed by atoms with E-state index in [1.165, 1.54) is 7.11 Å². The average molecular weight is 233 g/mol. The minimum atomic E-state index is 0.540. The molecule has 0 amide bonds. The topological polar surface area (TPSA) is 59.3 Å². The Balaban J connectivity index is 2.53. The monoisotopic (exact) mass is 233 g/mol. The molecule has 1 aromatic rings. The third kappa shape index (κ3) is 4.15. The molecule has 0 fully saturated rings. The SMILES string of the molecule is COc1cc(C=O)ccc1OCCCCC#N. The van der Waals surface area contributed by atoms with Gasteiger partial charge in [-0.15, -0.1) is 0 Å². The lowest BCUT2D eigenvalue weighted by Gasteiger charge is -2.10. The standard InChI is InChI=1S/C13H15NO3/c1-16-13-9-11(10-15)5-6-12(13)17-8-4-2-3-7-14/h5-6,9-10H,2-4,8H2,1H3. The maximum Gasteiger partial charge on any atom is 0.161 e. The number of benzene rings is 1. The van der Waals surface area contributed by atoms with Gasteiger partial charge in [-0.05, 0) is 31.0 Å². The van der Waals surface area contributed by atoms with Crippen LogP contribution >= 0.6 is 0 Å². The van der Waals surface area contributed by atoms with Gasteiger partial charge in [0.15, 0.2) is 11.5 Å². The van der Waals surface area contributed by atoms with E-state index in [2.05, 4.69) is 6.07 Å². The molecule has 17 heavy (non-hydrogen) atoms. The fraction of sp³-hybridized carbons (Fsp3) is 0.385. The van der Waals surface area contributed by atoms with Gasteiger partial charge < -0.3 is 9.47 Å². The lowest BCUT2D eigenvalue weighted by molar-refractivity contribution is 0.112. The third-order valence-electron chi connectivity index (χ3n) is 2.26. The van der Waals surface area contributed by atoms with Gasteiger partial charge in [0.2, 0.25) is 0 Å². The van der Waals surface area contributed by atoms with Gasteiger partial charge in [0.25, 0.3) is 0 Å². The summed E-state index contributed by atoms with van der Waals surface area (Å²) in [6.45, 7) is 0.540. The van der Waals surface area contributed by atoms with Crippen molar-refractivity contribution < 1.29 is 14.3 Å². The summed E-state index contributed by atoms with van der Waals surface area (Å²) < 4.78 is 10.7. The number of nitriles is 1. The molecule has 0 aliphatic carbocycles. The van der Waals surface area contributed by atoms with Crippen molar-refractivity contribution in [2.45, 2.75) is 19.3 Å². The number of nitrogens with zero attached hydrogens (tertiary/aromatic N) is 1. The van der Waals surface area contributed by atoms with Gasteiger partial charge in [0.1, 0.15) is 6.29 Å². The van der Waals surface area contributed by atoms with Crippen LogP contribution in [0.3, 0.4) is 0 Å². The van der Waals surface area contributed by atoms with Crippen molar-refractivity contribution in [1.82, 2.24) is 0 Å². The summed E-state index contributed by atoms with van der Waals surface area (Å²) in [6, 6.07) is 7.12. The fourth-order valence-electron chi connectivity index (χ4n) is 1.36. The van der Waals surface area contributed by atoms with E-state index in [1.54, 1.807) is 18.2 Å². The highest BCUT2D eigenvalue weighted by atomic mass is 16.5. The summed E-state index contributed by atoms with van der Waals surface area (Å²) >= 11 is 0. The van der Waals surface area contributed by atoms with Crippen molar-refractivity contribution in [2.75, 3.05) is 13.7 Å². The molecule has 4 heteroatoms. The van der Waals surface area contributed by atoms with Crippen molar-refractivity contribution in [1.29, 1.82) is 5.26 Å². The Bertz CT molecular complexity index is 410. The van der Waals surface area contributed by atoms with Crippen molar-refractivity contribution in [3.8, 4) is 17.6 Å². The number of rotatable bonds is 7. The molecule has 4 nitrogen and oxygen atoms in total. The van der Waals surface area contributed by atoms with Crippen LogP contribution in [0.15, 0.2) is 18.2 Å². The number of ether oxygens (including phenoxy) is 2. The van der Waals surface area contributed by atoms with Gasteiger partial charge in [0.05, 0.1) is 19.8 Å². The Hall–Kier alpha value is -2.02. The molecular weight excluding hydrogens is 218 g/mol. The van der Waals surface area contributed by atoms with Crippen LogP contribution in [0.25, 0.3) is 0 Å². The van der Waals surface area contributed by atoms with E-state index in [0.29, 0.717) is 30.1 Å². The molecule has 0 bridgehead atoms. The first-order valence-corrected chi connectivity index (χ1v) is 5.44. The zero-order chi connectivity index (χ0) is 12.5. The van der Waals surface area contributed by atoms with Crippen molar-refractivity contribution in [3.05, 3.63) is 23.8 Å². The zero-order valence-electron chi connectivity index (χ0n) is 9.81. The Labute approximate surface area is 101 Å². The van der Waals surface area contributed by atoms with E-state index in [0.717, 1.165) is 19.1 Å². The molecule has 0 aromatic heterocycles. The molecule has 90 valence electrons. The third-order valence-corrected chi connectivity index (χ3v) is 2.26. The Morgan fingerprint density at radius 3 is 2.82 bits per heavy atom. The van der Waals surface area contributed by atoms with E-state index in [4.69, 9.17) is 14.7 Å². The van der Waals surface area contributed by atoms with Gasteiger partial charge in [0, 0.05) is 12.0 Å². The molecule has 1 aromatic carbocycles. The molecule has 0 N–H and O–H groups in total. The predicted molar refractivity (Wildman–Crippen MR) is 63.3 cm³/mol. The van der Waals surface area contributed by atoms with Gasteiger partial charge >= 0.3 is 0 Å². The van der Waals surface area contributed by atoms with Gasteiger partial charge in [-0.3, -0.25) is 4.79 Å². The second-order valence-corrected chi connectivity index (χ2v) is 3.49. The van der Waals surface area contributed by atoms with Crippen LogP contribution in [0.1, 0.15) is 29.6 Å². The molecule has 1 rings (SSSR count). The van der Waals surface area contributed by atoms with Crippen LogP contribution in [-0.4, -0.2) is 20.0 Å². The number of hydrogen-bond acceptors (Lipinski definition) is 4. The minimum Gasteiger partial charge on any atom is -0.493 e. The normalized spacial score (nSPS) is 9.41. The van der Waals surface area contributed by atoms with E-state index in [9.17, 15) is 4.79 Å². The first-order chi connectivity index (χ1) is 8.31. The van der Waals surface area contributed by atoms with Crippen LogP contribution in [-0.2, 0) is 0 Å². The summed E-state index contributed by atoms with van der Waals surface area (Å²) in [7, 11) is 1.53. The lowest BCUT2D eigenvalue weighted by Crippen LogP contribution is -1.99. The summed E-state index contributed by atoms with van der Waals surface area (Å²) in [5.74, 6) is 1.17. The molecule has 0 unspecified atom stereocenters. The van der Waals surface area contributed by atoms with Crippen LogP contribution in [0.5, 0.6) is 11.5 Å². The first kappa shape index (κ1) is 13.0. The highest BCUT2D eigenvalue weighted by molar-refractivity contribution is 5.76. The first-order valence-electron chi connectivity index (χ1n) is 5.44. The van der Waals surface area contributed by atoms with Crippen LogP contribution in [0.2, 0.25) is 0 Å². The molecule has 0 aliphatic rings. The Morgan fingerprint density at radius 2 is 2.18 bits per heavy atom. The van der Waals surface area contributed by atoms with Crippen molar-refractivity contribution in [3.63, 3.8) is 0 Å². The number of carbonyl (C=O) groups excluding carboxylic acids is 1. The van der Waals surface area contributed by atoms with Crippen LogP contribution in [0.4, 0.5) is 0 Å². The largest absolute Gasteiger partial charge is 0.493 e. The Kier molecular flexibility index (Phi) is 5.59. The van der Waals surface area contributed by atoms with Crippen molar-refractivity contribution >= 4 is 6.29 Å². The summed E-state index contributed by atoms with van der Waals surface area (Å²) in [4.78, 5) is 10.6. The molecule has 0 heterocycles. The van der Waals surface area contributed by atoms with Crippen molar-refractivity contribution in [2.24, 2.45) is 0 Å². The zero-order valence-corrected chi connectivity index (χ0v) is 9.81. The Morgan fingerprint density at radius 1 is 1.35 bits per heavy atom. The maximum absolute atomic E-state index is 10.6. The number of aldehydes is 1. The van der Waals surface area contributed by atoms with E-state index in [1.807, 2.05) is 0 Å². The van der Waals surface area contributed by atoms with E-state index in [-0.39, 0.29) is 0 Å². The second kappa shape index (κ2) is 7.29.